The molecule has 3 aromatic rings. The lowest BCUT2D eigenvalue weighted by atomic mass is 9.97. The van der Waals surface area contributed by atoms with Crippen molar-refractivity contribution < 1.29 is 22.4 Å². The molecule has 1 aromatic heterocycles. The highest BCUT2D eigenvalue weighted by atomic mass is 79.9. The lowest BCUT2D eigenvalue weighted by molar-refractivity contribution is -0.141. The maximum absolute atomic E-state index is 13.8. The van der Waals surface area contributed by atoms with Gasteiger partial charge < -0.3 is 5.32 Å². The van der Waals surface area contributed by atoms with Gasteiger partial charge >= 0.3 is 6.18 Å². The fraction of sp³-hybridized carbons (Fsp3) is 0.360. The Bertz CT molecular complexity index is 1220. The first kappa shape index (κ1) is 24.4. The number of carbonyl (C=O) groups is 1. The van der Waals surface area contributed by atoms with Crippen LogP contribution in [0.5, 0.6) is 0 Å². The van der Waals surface area contributed by atoms with Crippen LogP contribution in [0.25, 0.3) is 11.1 Å². The number of aryl methyl sites for hydroxylation is 2. The summed E-state index contributed by atoms with van der Waals surface area (Å²) in [4.78, 5) is 13.3. The van der Waals surface area contributed by atoms with Crippen molar-refractivity contribution in [3.8, 4) is 11.1 Å². The quantitative estimate of drug-likeness (QED) is 0.265. The number of carbonyl (C=O) groups excluding carboxylic acids is 1. The van der Waals surface area contributed by atoms with E-state index in [2.05, 4.69) is 26.3 Å². The summed E-state index contributed by atoms with van der Waals surface area (Å²) in [6.45, 7) is 3.67. The number of aromatic nitrogens is 2. The van der Waals surface area contributed by atoms with E-state index in [0.717, 1.165) is 18.4 Å². The third kappa shape index (κ3) is 5.19. The highest BCUT2D eigenvalue weighted by Gasteiger charge is 2.38. The molecule has 0 spiro atoms. The Hall–Kier alpha value is -2.68. The number of nitrogens with one attached hydrogen (secondary N) is 1. The summed E-state index contributed by atoms with van der Waals surface area (Å²) in [7, 11) is 0. The van der Waals surface area contributed by atoms with Gasteiger partial charge in [-0.3, -0.25) is 9.48 Å². The summed E-state index contributed by atoms with van der Waals surface area (Å²) in [5.41, 5.74) is 1.46. The molecule has 0 radical (unpaired) electrons. The number of amides is 1. The topological polar surface area (TPSA) is 46.9 Å². The standard InChI is InChI=1S/C25H24BrF4N3O/c1-3-33-13-20(23(32-33)25(28,29)30)18-9-15(12-26)10-19(11-18)24(34)31-22(16-4-5-16)17-6-7-21(27)14(2)8-17/h6-11,13,16,22H,3-5,12H2,1-2H3,(H,31,34)/t22-/m0/s1. The predicted octanol–water partition coefficient (Wildman–Crippen LogP) is 6.81. The lowest BCUT2D eigenvalue weighted by Crippen LogP contribution is -2.30. The van der Waals surface area contributed by atoms with Crippen LogP contribution in [0.15, 0.2) is 42.6 Å². The van der Waals surface area contributed by atoms with E-state index >= 15 is 0 Å². The molecule has 1 N–H and O–H groups in total. The van der Waals surface area contributed by atoms with Gasteiger partial charge in [-0.25, -0.2) is 4.39 Å². The van der Waals surface area contributed by atoms with Crippen LogP contribution in [0.1, 0.15) is 58.5 Å². The molecular formula is C25H24BrF4N3O. The molecule has 4 rings (SSSR count). The number of rotatable bonds is 7. The van der Waals surface area contributed by atoms with E-state index in [9.17, 15) is 22.4 Å². The van der Waals surface area contributed by atoms with Gasteiger partial charge in [0.2, 0.25) is 0 Å². The third-order valence-electron chi connectivity index (χ3n) is 6.00. The van der Waals surface area contributed by atoms with Gasteiger partial charge in [0, 0.05) is 29.2 Å². The first-order valence-electron chi connectivity index (χ1n) is 11.0. The number of halogens is 5. The first-order valence-corrected chi connectivity index (χ1v) is 12.1. The van der Waals surface area contributed by atoms with Crippen LogP contribution in [-0.4, -0.2) is 15.7 Å². The molecule has 1 fully saturated rings. The second-order valence-corrected chi connectivity index (χ2v) is 9.15. The summed E-state index contributed by atoms with van der Waals surface area (Å²) >= 11 is 3.35. The van der Waals surface area contributed by atoms with Crippen molar-refractivity contribution in [3.05, 3.63) is 76.4 Å². The van der Waals surface area contributed by atoms with Crippen LogP contribution in [0.3, 0.4) is 0 Å². The zero-order valence-electron chi connectivity index (χ0n) is 18.7. The molecule has 9 heteroatoms. The SMILES string of the molecule is CCn1cc(-c2cc(CBr)cc(C(=O)N[C@H](c3ccc(F)c(C)c3)C3CC3)c2)c(C(F)(F)F)n1. The zero-order chi connectivity index (χ0) is 24.6. The normalized spacial score (nSPS) is 14.8. The Morgan fingerprint density at radius 1 is 1.24 bits per heavy atom. The maximum atomic E-state index is 13.8. The Morgan fingerprint density at radius 3 is 2.56 bits per heavy atom. The second kappa shape index (κ2) is 9.52. The van der Waals surface area contributed by atoms with Gasteiger partial charge in [-0.2, -0.15) is 18.3 Å². The van der Waals surface area contributed by atoms with E-state index in [1.807, 2.05) is 0 Å². The molecule has 0 aliphatic heterocycles. The Balaban J connectivity index is 1.70. The molecule has 0 saturated heterocycles. The van der Waals surface area contributed by atoms with Crippen molar-refractivity contribution in [3.63, 3.8) is 0 Å². The number of alkyl halides is 4. The molecule has 34 heavy (non-hydrogen) atoms. The van der Waals surface area contributed by atoms with Gasteiger partial charge in [-0.15, -0.1) is 0 Å². The average Bonchev–Trinajstić information content (AvgIpc) is 3.54. The summed E-state index contributed by atoms with van der Waals surface area (Å²) in [5, 5.41) is 7.09. The summed E-state index contributed by atoms with van der Waals surface area (Å²) in [6, 6.07) is 9.24. The maximum Gasteiger partial charge on any atom is 0.435 e. The monoisotopic (exact) mass is 537 g/mol. The van der Waals surface area contributed by atoms with E-state index < -0.39 is 11.9 Å². The van der Waals surface area contributed by atoms with Crippen LogP contribution in [0.2, 0.25) is 0 Å². The van der Waals surface area contributed by atoms with Crippen molar-refractivity contribution in [1.29, 1.82) is 0 Å². The predicted molar refractivity (Wildman–Crippen MR) is 125 cm³/mol. The number of hydrogen-bond acceptors (Lipinski definition) is 2. The van der Waals surface area contributed by atoms with Crippen LogP contribution >= 0.6 is 15.9 Å². The van der Waals surface area contributed by atoms with E-state index in [4.69, 9.17) is 0 Å². The average molecular weight is 538 g/mol. The van der Waals surface area contributed by atoms with Crippen molar-refractivity contribution >= 4 is 21.8 Å². The molecule has 4 nitrogen and oxygen atoms in total. The highest BCUT2D eigenvalue weighted by molar-refractivity contribution is 9.08. The van der Waals surface area contributed by atoms with E-state index in [1.165, 1.54) is 23.0 Å². The van der Waals surface area contributed by atoms with Crippen LogP contribution < -0.4 is 5.32 Å². The molecule has 1 saturated carbocycles. The molecule has 1 aliphatic carbocycles. The second-order valence-electron chi connectivity index (χ2n) is 8.59. The molecule has 180 valence electrons. The third-order valence-corrected chi connectivity index (χ3v) is 6.64. The fourth-order valence-electron chi connectivity index (χ4n) is 4.05. The van der Waals surface area contributed by atoms with Crippen molar-refractivity contribution in [2.75, 3.05) is 0 Å². The Labute approximate surface area is 203 Å². The molecule has 0 bridgehead atoms. The minimum absolute atomic E-state index is 0.0703. The van der Waals surface area contributed by atoms with Gasteiger partial charge in [0.1, 0.15) is 5.82 Å². The van der Waals surface area contributed by atoms with Crippen molar-refractivity contribution in [2.24, 2.45) is 5.92 Å². The van der Waals surface area contributed by atoms with E-state index in [0.29, 0.717) is 16.5 Å². The van der Waals surface area contributed by atoms with Gasteiger partial charge in [0.25, 0.3) is 5.91 Å². The Morgan fingerprint density at radius 2 is 1.97 bits per heavy atom. The molecule has 2 aromatic carbocycles. The number of benzene rings is 2. The largest absolute Gasteiger partial charge is 0.435 e. The van der Waals surface area contributed by atoms with Crippen molar-refractivity contribution in [2.45, 2.75) is 50.8 Å². The van der Waals surface area contributed by atoms with Crippen molar-refractivity contribution in [1.82, 2.24) is 15.1 Å². The highest BCUT2D eigenvalue weighted by Crippen LogP contribution is 2.42. The zero-order valence-corrected chi connectivity index (χ0v) is 20.3. The van der Waals surface area contributed by atoms with Gasteiger partial charge in [-0.05, 0) is 73.1 Å². The van der Waals surface area contributed by atoms with Gasteiger partial charge in [0.05, 0.1) is 6.04 Å². The molecule has 1 amide bonds. The van der Waals surface area contributed by atoms with Crippen LogP contribution in [-0.2, 0) is 18.1 Å². The number of hydrogen-bond donors (Lipinski definition) is 1. The molecule has 1 aliphatic rings. The van der Waals surface area contributed by atoms with Gasteiger partial charge in [0.15, 0.2) is 5.69 Å². The molecular weight excluding hydrogens is 514 g/mol. The fourth-order valence-corrected chi connectivity index (χ4v) is 4.37. The summed E-state index contributed by atoms with van der Waals surface area (Å²) in [6.07, 6.45) is -1.38. The minimum Gasteiger partial charge on any atom is -0.345 e. The summed E-state index contributed by atoms with van der Waals surface area (Å²) < 4.78 is 55.9. The number of nitrogens with zero attached hydrogens (tertiary/aromatic N) is 2. The van der Waals surface area contributed by atoms with Gasteiger partial charge in [-0.1, -0.05) is 34.1 Å². The Kier molecular flexibility index (Phi) is 6.85. The van der Waals surface area contributed by atoms with Crippen LogP contribution in [0.4, 0.5) is 17.6 Å². The molecule has 0 unspecified atom stereocenters. The first-order chi connectivity index (χ1) is 16.1. The minimum atomic E-state index is -4.62. The smallest absolute Gasteiger partial charge is 0.345 e. The molecule has 1 atom stereocenters. The summed E-state index contributed by atoms with van der Waals surface area (Å²) in [5.74, 6) is -0.459. The lowest BCUT2D eigenvalue weighted by Gasteiger charge is -2.20. The molecule has 1 heterocycles. The van der Waals surface area contributed by atoms with E-state index in [1.54, 1.807) is 38.1 Å². The van der Waals surface area contributed by atoms with Crippen LogP contribution in [0, 0.1) is 18.7 Å². The van der Waals surface area contributed by atoms with E-state index in [-0.39, 0.29) is 46.9 Å².